The van der Waals surface area contributed by atoms with E-state index in [9.17, 15) is 13.2 Å². The first kappa shape index (κ1) is 14.8. The molecule has 0 aliphatic carbocycles. The molecule has 0 amide bonds. The van der Waals surface area contributed by atoms with Crippen LogP contribution >= 0.6 is 0 Å². The first-order valence-corrected chi connectivity index (χ1v) is 6.87. The number of aromatic nitrogens is 2. The molecular weight excluding hydrogens is 295 g/mol. The molecule has 3 heterocycles. The minimum atomic E-state index is -4.36. The van der Waals surface area contributed by atoms with Crippen molar-refractivity contribution in [1.82, 2.24) is 15.3 Å². The lowest BCUT2D eigenvalue weighted by Crippen LogP contribution is -2.27. The summed E-state index contributed by atoms with van der Waals surface area (Å²) in [5, 5.41) is 3.29. The summed E-state index contributed by atoms with van der Waals surface area (Å²) in [6.07, 6.45) is -1.06. The highest BCUT2D eigenvalue weighted by Crippen LogP contribution is 2.30. The molecule has 0 saturated heterocycles. The normalized spacial score (nSPS) is 17.7. The summed E-state index contributed by atoms with van der Waals surface area (Å²) in [6, 6.07) is 6.25. The Labute approximate surface area is 125 Å². The van der Waals surface area contributed by atoms with Gasteiger partial charge in [-0.3, -0.25) is 4.98 Å². The average molecular weight is 309 g/mol. The van der Waals surface area contributed by atoms with Crippen LogP contribution in [0.25, 0.3) is 0 Å². The van der Waals surface area contributed by atoms with Crippen LogP contribution < -0.4 is 10.1 Å². The quantitative estimate of drug-likeness (QED) is 0.946. The van der Waals surface area contributed by atoms with Crippen molar-refractivity contribution in [3.8, 4) is 5.88 Å². The van der Waals surface area contributed by atoms with E-state index in [4.69, 9.17) is 4.74 Å². The lowest BCUT2D eigenvalue weighted by molar-refractivity contribution is -0.137. The summed E-state index contributed by atoms with van der Waals surface area (Å²) in [4.78, 5) is 8.02. The molecule has 0 spiro atoms. The summed E-state index contributed by atoms with van der Waals surface area (Å²) < 4.78 is 42.9. The Hall–Kier alpha value is -2.15. The summed E-state index contributed by atoms with van der Waals surface area (Å²) in [7, 11) is 0. The van der Waals surface area contributed by atoms with Gasteiger partial charge in [-0.05, 0) is 18.2 Å². The van der Waals surface area contributed by atoms with E-state index in [1.54, 1.807) is 6.20 Å². The molecule has 0 radical (unpaired) electrons. The Morgan fingerprint density at radius 3 is 2.82 bits per heavy atom. The van der Waals surface area contributed by atoms with Crippen LogP contribution in [0.2, 0.25) is 0 Å². The lowest BCUT2D eigenvalue weighted by atomic mass is 10.0. The van der Waals surface area contributed by atoms with Crippen LogP contribution in [0, 0.1) is 0 Å². The number of alkyl halides is 3. The number of hydrogen-bond acceptors (Lipinski definition) is 4. The van der Waals surface area contributed by atoms with E-state index >= 15 is 0 Å². The van der Waals surface area contributed by atoms with Gasteiger partial charge in [0.1, 0.15) is 0 Å². The maximum absolute atomic E-state index is 12.5. The van der Waals surface area contributed by atoms with Gasteiger partial charge in [-0.1, -0.05) is 6.07 Å². The average Bonchev–Trinajstić information content (AvgIpc) is 2.52. The molecule has 4 nitrogen and oxygen atoms in total. The van der Waals surface area contributed by atoms with Gasteiger partial charge in [0.05, 0.1) is 17.9 Å². The lowest BCUT2D eigenvalue weighted by Gasteiger charge is -2.25. The highest BCUT2D eigenvalue weighted by Gasteiger charge is 2.30. The zero-order chi connectivity index (χ0) is 15.6. The Balaban J connectivity index is 1.66. The van der Waals surface area contributed by atoms with Gasteiger partial charge in [0.15, 0.2) is 0 Å². The fourth-order valence-corrected chi connectivity index (χ4v) is 2.35. The van der Waals surface area contributed by atoms with E-state index in [-0.39, 0.29) is 6.04 Å². The smallest absolute Gasteiger partial charge is 0.417 e. The fraction of sp³-hybridized carbons (Fsp3) is 0.333. The number of fused-ring (bicyclic) bond motifs is 1. The largest absolute Gasteiger partial charge is 0.477 e. The first-order valence-electron chi connectivity index (χ1n) is 6.87. The first-order chi connectivity index (χ1) is 10.5. The molecule has 1 unspecified atom stereocenters. The molecule has 2 aromatic heterocycles. The molecule has 0 aromatic carbocycles. The monoisotopic (exact) mass is 309 g/mol. The third kappa shape index (κ3) is 3.19. The van der Waals surface area contributed by atoms with E-state index < -0.39 is 11.7 Å². The molecule has 1 aliphatic heterocycles. The third-order valence-electron chi connectivity index (χ3n) is 3.50. The molecule has 3 rings (SSSR count). The predicted octanol–water partition coefficient (Wildman–Crippen LogP) is 3.11. The Morgan fingerprint density at radius 1 is 1.23 bits per heavy atom. The van der Waals surface area contributed by atoms with Crippen molar-refractivity contribution in [2.24, 2.45) is 0 Å². The number of nitrogens with zero attached hydrogens (tertiary/aromatic N) is 2. The van der Waals surface area contributed by atoms with Gasteiger partial charge >= 0.3 is 6.18 Å². The van der Waals surface area contributed by atoms with Crippen molar-refractivity contribution in [2.75, 3.05) is 6.61 Å². The van der Waals surface area contributed by atoms with Crippen LogP contribution in [0.3, 0.4) is 0 Å². The zero-order valence-electron chi connectivity index (χ0n) is 11.6. The van der Waals surface area contributed by atoms with Crippen LogP contribution in [-0.2, 0) is 12.7 Å². The molecule has 2 aromatic rings. The highest BCUT2D eigenvalue weighted by molar-refractivity contribution is 5.30. The fourth-order valence-electron chi connectivity index (χ4n) is 2.35. The minimum absolute atomic E-state index is 0.0570. The van der Waals surface area contributed by atoms with Crippen molar-refractivity contribution in [3.63, 3.8) is 0 Å². The van der Waals surface area contributed by atoms with Gasteiger partial charge in [-0.25, -0.2) is 4.98 Å². The molecule has 0 fully saturated rings. The van der Waals surface area contributed by atoms with E-state index in [2.05, 4.69) is 15.3 Å². The summed E-state index contributed by atoms with van der Waals surface area (Å²) in [5.74, 6) is 0.603. The van der Waals surface area contributed by atoms with E-state index in [1.165, 1.54) is 6.07 Å². The molecule has 1 aliphatic rings. The third-order valence-corrected chi connectivity index (χ3v) is 3.50. The second-order valence-electron chi connectivity index (χ2n) is 5.00. The maximum Gasteiger partial charge on any atom is 0.417 e. The summed E-state index contributed by atoms with van der Waals surface area (Å²) in [6.45, 7) is 0.944. The van der Waals surface area contributed by atoms with Gasteiger partial charge in [-0.2, -0.15) is 13.2 Å². The number of hydrogen-bond donors (Lipinski definition) is 1. The molecule has 0 bridgehead atoms. The van der Waals surface area contributed by atoms with Crippen LogP contribution in [-0.4, -0.2) is 16.6 Å². The molecule has 0 saturated carbocycles. The van der Waals surface area contributed by atoms with Crippen molar-refractivity contribution in [3.05, 3.63) is 53.5 Å². The van der Waals surface area contributed by atoms with Gasteiger partial charge in [0.25, 0.3) is 0 Å². The number of halogens is 3. The molecule has 1 atom stereocenters. The molecule has 22 heavy (non-hydrogen) atoms. The zero-order valence-corrected chi connectivity index (χ0v) is 11.6. The number of nitrogens with one attached hydrogen (secondary N) is 1. The number of rotatable bonds is 3. The molecule has 7 heteroatoms. The van der Waals surface area contributed by atoms with E-state index in [0.717, 1.165) is 24.2 Å². The van der Waals surface area contributed by atoms with Crippen molar-refractivity contribution >= 4 is 0 Å². The molecule has 116 valence electrons. The maximum atomic E-state index is 12.5. The number of ether oxygens (including phenoxy) is 1. The van der Waals surface area contributed by atoms with Gasteiger partial charge in [0, 0.05) is 37.0 Å². The van der Waals surface area contributed by atoms with Gasteiger partial charge in [0.2, 0.25) is 5.88 Å². The molecular formula is C15H14F3N3O. The van der Waals surface area contributed by atoms with Crippen molar-refractivity contribution in [1.29, 1.82) is 0 Å². The van der Waals surface area contributed by atoms with E-state index in [0.29, 0.717) is 24.7 Å². The SMILES string of the molecule is FC(F)(F)c1ccc(CNC2CCOc3ncccc32)nc1. The van der Waals surface area contributed by atoms with Crippen LogP contribution in [0.4, 0.5) is 13.2 Å². The summed E-state index contributed by atoms with van der Waals surface area (Å²) in [5.41, 5.74) is 0.780. The molecule has 1 N–H and O–H groups in total. The van der Waals surface area contributed by atoms with Crippen molar-refractivity contribution < 1.29 is 17.9 Å². The van der Waals surface area contributed by atoms with Crippen LogP contribution in [0.15, 0.2) is 36.7 Å². The number of pyridine rings is 2. The second kappa shape index (κ2) is 5.92. The Bertz CT molecular complexity index is 643. The second-order valence-corrected chi connectivity index (χ2v) is 5.00. The van der Waals surface area contributed by atoms with E-state index in [1.807, 2.05) is 12.1 Å². The topological polar surface area (TPSA) is 47.0 Å². The standard InChI is InChI=1S/C15H14F3N3O/c16-15(17,18)10-3-4-11(20-8-10)9-21-13-5-7-22-14-12(13)2-1-6-19-14/h1-4,6,8,13,21H,5,7,9H2. The Kier molecular flexibility index (Phi) is 3.98. The predicted molar refractivity (Wildman–Crippen MR) is 73.2 cm³/mol. The van der Waals surface area contributed by atoms with Gasteiger partial charge < -0.3 is 10.1 Å². The van der Waals surface area contributed by atoms with Crippen molar-refractivity contribution in [2.45, 2.75) is 25.2 Å². The minimum Gasteiger partial charge on any atom is -0.477 e. The Morgan fingerprint density at radius 2 is 2.09 bits per heavy atom. The summed E-state index contributed by atoms with van der Waals surface area (Å²) >= 11 is 0. The van der Waals surface area contributed by atoms with Crippen LogP contribution in [0.5, 0.6) is 5.88 Å². The highest BCUT2D eigenvalue weighted by atomic mass is 19.4. The van der Waals surface area contributed by atoms with Gasteiger partial charge in [-0.15, -0.1) is 0 Å². The van der Waals surface area contributed by atoms with Crippen LogP contribution in [0.1, 0.15) is 29.3 Å².